The molecule has 0 spiro atoms. The summed E-state index contributed by atoms with van der Waals surface area (Å²) in [5, 5.41) is 11.5. The molecule has 88 valence electrons. The molecule has 0 amide bonds. The average Bonchev–Trinajstić information content (AvgIpc) is 2.22. The van der Waals surface area contributed by atoms with E-state index >= 15 is 0 Å². The lowest BCUT2D eigenvalue weighted by Crippen LogP contribution is -2.33. The number of halogens is 2. The van der Waals surface area contributed by atoms with E-state index in [1.54, 1.807) is 6.07 Å². The summed E-state index contributed by atoms with van der Waals surface area (Å²) < 4.78 is 18.2. The summed E-state index contributed by atoms with van der Waals surface area (Å²) in [6.45, 7) is 0.00696. The topological polar surface area (TPSA) is 58.6 Å². The van der Waals surface area contributed by atoms with Gasteiger partial charge in [-0.25, -0.2) is 9.18 Å². The number of benzene rings is 1. The van der Waals surface area contributed by atoms with E-state index in [-0.39, 0.29) is 6.61 Å². The Balaban J connectivity index is 2.77. The molecule has 1 aromatic rings. The molecule has 1 rings (SSSR count). The third kappa shape index (κ3) is 3.46. The lowest BCUT2D eigenvalue weighted by Gasteiger charge is -2.14. The van der Waals surface area contributed by atoms with Gasteiger partial charge in [-0.2, -0.15) is 0 Å². The quantitative estimate of drug-likeness (QED) is 0.872. The minimum atomic E-state index is -1.05. The number of hydrogen-bond donors (Lipinski definition) is 2. The van der Waals surface area contributed by atoms with E-state index in [1.807, 2.05) is 0 Å². The summed E-state index contributed by atoms with van der Waals surface area (Å²) in [5.74, 6) is -1.50. The van der Waals surface area contributed by atoms with Gasteiger partial charge in [0.2, 0.25) is 0 Å². The molecule has 4 nitrogen and oxygen atoms in total. The van der Waals surface area contributed by atoms with Crippen molar-refractivity contribution < 1.29 is 19.0 Å². The third-order valence-corrected chi connectivity index (χ3v) is 2.54. The standard InChI is InChI=1S/C10H11BrFNO3/c1-16-5-9(10(14)15)13-6-2-3-7(11)8(12)4-6/h2-4,9,13H,5H2,1H3,(H,14,15). The highest BCUT2D eigenvalue weighted by molar-refractivity contribution is 9.10. The lowest BCUT2D eigenvalue weighted by atomic mass is 10.2. The number of methoxy groups -OCH3 is 1. The van der Waals surface area contributed by atoms with Gasteiger partial charge in [-0.05, 0) is 34.1 Å². The van der Waals surface area contributed by atoms with Gasteiger partial charge in [0.05, 0.1) is 11.1 Å². The van der Waals surface area contributed by atoms with E-state index in [1.165, 1.54) is 19.2 Å². The van der Waals surface area contributed by atoms with Crippen LogP contribution in [-0.4, -0.2) is 30.8 Å². The van der Waals surface area contributed by atoms with E-state index in [2.05, 4.69) is 21.2 Å². The van der Waals surface area contributed by atoms with E-state index in [4.69, 9.17) is 9.84 Å². The molecule has 6 heteroatoms. The molecule has 1 unspecified atom stereocenters. The number of rotatable bonds is 5. The van der Waals surface area contributed by atoms with Gasteiger partial charge >= 0.3 is 5.97 Å². The molecule has 16 heavy (non-hydrogen) atoms. The number of carboxylic acids is 1. The van der Waals surface area contributed by atoms with Crippen LogP contribution in [-0.2, 0) is 9.53 Å². The smallest absolute Gasteiger partial charge is 0.328 e. The van der Waals surface area contributed by atoms with Crippen LogP contribution < -0.4 is 5.32 Å². The minimum absolute atomic E-state index is 0.00696. The van der Waals surface area contributed by atoms with Crippen LogP contribution in [0, 0.1) is 5.82 Å². The monoisotopic (exact) mass is 291 g/mol. The van der Waals surface area contributed by atoms with Gasteiger partial charge in [0.25, 0.3) is 0 Å². The fourth-order valence-electron chi connectivity index (χ4n) is 1.13. The van der Waals surface area contributed by atoms with Crippen molar-refractivity contribution in [1.29, 1.82) is 0 Å². The first-order valence-corrected chi connectivity index (χ1v) is 5.27. The predicted molar refractivity (Wildman–Crippen MR) is 61.0 cm³/mol. The molecule has 0 saturated heterocycles. The molecule has 1 aromatic carbocycles. The van der Waals surface area contributed by atoms with Crippen LogP contribution in [0.5, 0.6) is 0 Å². The largest absolute Gasteiger partial charge is 0.480 e. The highest BCUT2D eigenvalue weighted by Crippen LogP contribution is 2.19. The molecule has 0 aliphatic heterocycles. The van der Waals surface area contributed by atoms with Crippen LogP contribution in [0.2, 0.25) is 0 Å². The molecular weight excluding hydrogens is 281 g/mol. The Hall–Kier alpha value is -1.14. The van der Waals surface area contributed by atoms with Gasteiger partial charge in [-0.15, -0.1) is 0 Å². The number of aliphatic carboxylic acids is 1. The Kier molecular flexibility index (Phi) is 4.70. The zero-order valence-electron chi connectivity index (χ0n) is 8.54. The first kappa shape index (κ1) is 12.9. The maximum atomic E-state index is 13.2. The molecule has 0 aliphatic rings. The van der Waals surface area contributed by atoms with E-state index in [0.717, 1.165) is 0 Å². The molecule has 0 heterocycles. The van der Waals surface area contributed by atoms with Crippen molar-refractivity contribution in [1.82, 2.24) is 0 Å². The van der Waals surface area contributed by atoms with Crippen LogP contribution in [0.3, 0.4) is 0 Å². The maximum Gasteiger partial charge on any atom is 0.328 e. The number of nitrogens with one attached hydrogen (secondary N) is 1. The molecule has 0 aliphatic carbocycles. The zero-order chi connectivity index (χ0) is 12.1. The molecule has 0 aromatic heterocycles. The van der Waals surface area contributed by atoms with Crippen molar-refractivity contribution in [3.05, 3.63) is 28.5 Å². The molecule has 1 atom stereocenters. The molecule has 0 fully saturated rings. The van der Waals surface area contributed by atoms with Crippen molar-refractivity contribution in [3.63, 3.8) is 0 Å². The first-order valence-electron chi connectivity index (χ1n) is 4.48. The second-order valence-electron chi connectivity index (χ2n) is 3.12. The second kappa shape index (κ2) is 5.81. The van der Waals surface area contributed by atoms with Gasteiger partial charge in [0.1, 0.15) is 11.9 Å². The normalized spacial score (nSPS) is 12.2. The molecular formula is C10H11BrFNO3. The Morgan fingerprint density at radius 1 is 1.69 bits per heavy atom. The van der Waals surface area contributed by atoms with Gasteiger partial charge in [-0.1, -0.05) is 0 Å². The fourth-order valence-corrected chi connectivity index (χ4v) is 1.38. The Morgan fingerprint density at radius 3 is 2.88 bits per heavy atom. The van der Waals surface area contributed by atoms with Crippen molar-refractivity contribution in [2.75, 3.05) is 19.0 Å². The van der Waals surface area contributed by atoms with Crippen molar-refractivity contribution >= 4 is 27.6 Å². The summed E-state index contributed by atoms with van der Waals surface area (Å²) in [6.07, 6.45) is 0. The zero-order valence-corrected chi connectivity index (χ0v) is 10.1. The first-order chi connectivity index (χ1) is 7.54. The lowest BCUT2D eigenvalue weighted by molar-refractivity contribution is -0.139. The van der Waals surface area contributed by atoms with E-state index < -0.39 is 17.8 Å². The van der Waals surface area contributed by atoms with E-state index in [0.29, 0.717) is 10.2 Å². The van der Waals surface area contributed by atoms with Crippen LogP contribution in [0.25, 0.3) is 0 Å². The van der Waals surface area contributed by atoms with Crippen molar-refractivity contribution in [3.8, 4) is 0 Å². The minimum Gasteiger partial charge on any atom is -0.480 e. The number of ether oxygens (including phenoxy) is 1. The summed E-state index contributed by atoms with van der Waals surface area (Å²) in [4.78, 5) is 10.8. The summed E-state index contributed by atoms with van der Waals surface area (Å²) in [5.41, 5.74) is 0.394. The van der Waals surface area contributed by atoms with Crippen LogP contribution in [0.1, 0.15) is 0 Å². The fraction of sp³-hybridized carbons (Fsp3) is 0.300. The Labute approximate surface area is 101 Å². The highest BCUT2D eigenvalue weighted by Gasteiger charge is 2.17. The number of anilines is 1. The van der Waals surface area contributed by atoms with Gasteiger partial charge < -0.3 is 15.2 Å². The molecule has 0 saturated carbocycles. The van der Waals surface area contributed by atoms with Gasteiger partial charge in [0.15, 0.2) is 0 Å². The maximum absolute atomic E-state index is 13.2. The summed E-state index contributed by atoms with van der Waals surface area (Å²) in [7, 11) is 1.40. The van der Waals surface area contributed by atoms with Crippen molar-refractivity contribution in [2.24, 2.45) is 0 Å². The van der Waals surface area contributed by atoms with Crippen LogP contribution >= 0.6 is 15.9 Å². The third-order valence-electron chi connectivity index (χ3n) is 1.89. The van der Waals surface area contributed by atoms with Gasteiger partial charge in [0, 0.05) is 12.8 Å². The average molecular weight is 292 g/mol. The van der Waals surface area contributed by atoms with Crippen LogP contribution in [0.15, 0.2) is 22.7 Å². The predicted octanol–water partition coefficient (Wildman–Crippen LogP) is 2.10. The molecule has 0 bridgehead atoms. The Bertz CT molecular complexity index is 386. The highest BCUT2D eigenvalue weighted by atomic mass is 79.9. The van der Waals surface area contributed by atoms with E-state index in [9.17, 15) is 9.18 Å². The SMILES string of the molecule is COCC(Nc1ccc(Br)c(F)c1)C(=O)O. The number of carbonyl (C=O) groups is 1. The molecule has 0 radical (unpaired) electrons. The summed E-state index contributed by atoms with van der Waals surface area (Å²) in [6, 6.07) is 3.41. The molecule has 2 N–H and O–H groups in total. The van der Waals surface area contributed by atoms with Crippen molar-refractivity contribution in [2.45, 2.75) is 6.04 Å². The number of hydrogen-bond acceptors (Lipinski definition) is 3. The van der Waals surface area contributed by atoms with Crippen LogP contribution in [0.4, 0.5) is 10.1 Å². The number of carboxylic acid groups (broad SMARTS) is 1. The summed E-state index contributed by atoms with van der Waals surface area (Å²) >= 11 is 3.01. The second-order valence-corrected chi connectivity index (χ2v) is 3.97. The van der Waals surface area contributed by atoms with Gasteiger partial charge in [-0.3, -0.25) is 0 Å². The Morgan fingerprint density at radius 2 is 2.38 bits per heavy atom.